The van der Waals surface area contributed by atoms with E-state index in [1.165, 1.54) is 0 Å². The van der Waals surface area contributed by atoms with Crippen molar-refractivity contribution in [1.82, 2.24) is 14.5 Å². The summed E-state index contributed by atoms with van der Waals surface area (Å²) in [7, 11) is 0. The number of nitriles is 1. The molecule has 7 heteroatoms. The van der Waals surface area contributed by atoms with Crippen molar-refractivity contribution in [3.05, 3.63) is 70.0 Å². The lowest BCUT2D eigenvalue weighted by molar-refractivity contribution is 1.01. The minimum Gasteiger partial charge on any atom is -0.369 e. The number of nitrogen functional groups attached to an aromatic ring is 1. The van der Waals surface area contributed by atoms with Crippen LogP contribution in [0.3, 0.4) is 0 Å². The van der Waals surface area contributed by atoms with E-state index in [0.717, 1.165) is 50.7 Å². The second-order valence-corrected chi connectivity index (χ2v) is 8.17. The maximum atomic E-state index is 8.80. The fourth-order valence-electron chi connectivity index (χ4n) is 3.71. The number of hydrogen-bond acceptors (Lipinski definition) is 5. The van der Waals surface area contributed by atoms with Gasteiger partial charge in [-0.1, -0.05) is 23.7 Å². The van der Waals surface area contributed by atoms with Crippen LogP contribution in [0.15, 0.2) is 59.4 Å². The molecule has 0 aliphatic carbocycles. The van der Waals surface area contributed by atoms with Gasteiger partial charge in [-0.15, -0.1) is 0 Å². The quantitative estimate of drug-likeness (QED) is 0.380. The summed E-state index contributed by atoms with van der Waals surface area (Å²) in [5.74, 6) is 0.399. The number of benzene rings is 2. The van der Waals surface area contributed by atoms with E-state index in [-0.39, 0.29) is 0 Å². The van der Waals surface area contributed by atoms with Gasteiger partial charge in [0, 0.05) is 23.1 Å². The van der Waals surface area contributed by atoms with Crippen LogP contribution in [0.4, 0.5) is 5.95 Å². The highest BCUT2D eigenvalue weighted by Gasteiger charge is 2.16. The van der Waals surface area contributed by atoms with Crippen LogP contribution in [0.25, 0.3) is 38.8 Å². The van der Waals surface area contributed by atoms with Gasteiger partial charge in [0.25, 0.3) is 0 Å². The van der Waals surface area contributed by atoms with Crippen LogP contribution in [0.2, 0.25) is 5.02 Å². The summed E-state index contributed by atoms with van der Waals surface area (Å²) in [5.41, 5.74) is 12.8. The zero-order chi connectivity index (χ0) is 20.7. The molecule has 5 nitrogen and oxygen atoms in total. The van der Waals surface area contributed by atoms with E-state index in [1.807, 2.05) is 40.3 Å². The fraction of sp³-hybridized carbons (Fsp3) is 0.0870. The molecule has 0 aliphatic rings. The molecule has 0 radical (unpaired) electrons. The Hall–Kier alpha value is -3.40. The lowest BCUT2D eigenvalue weighted by Gasteiger charge is -2.11. The largest absolute Gasteiger partial charge is 0.369 e. The van der Waals surface area contributed by atoms with Gasteiger partial charge in [-0.25, -0.2) is 4.98 Å². The van der Waals surface area contributed by atoms with Gasteiger partial charge in [-0.05, 0) is 58.6 Å². The molecule has 0 atom stereocenters. The average Bonchev–Trinajstić information content (AvgIpc) is 3.39. The van der Waals surface area contributed by atoms with Gasteiger partial charge in [0.2, 0.25) is 5.95 Å². The van der Waals surface area contributed by atoms with E-state index in [2.05, 4.69) is 33.5 Å². The lowest BCUT2D eigenvalue weighted by Crippen LogP contribution is -2.01. The Bertz CT molecular complexity index is 1410. The molecule has 5 aromatic rings. The number of hydrogen-bond donors (Lipinski definition) is 1. The van der Waals surface area contributed by atoms with Crippen molar-refractivity contribution in [3.8, 4) is 22.9 Å². The van der Waals surface area contributed by atoms with E-state index >= 15 is 0 Å². The zero-order valence-corrected chi connectivity index (χ0v) is 17.4. The van der Waals surface area contributed by atoms with Gasteiger partial charge in [-0.3, -0.25) is 9.55 Å². The van der Waals surface area contributed by atoms with Gasteiger partial charge in [0.15, 0.2) is 0 Å². The second-order valence-electron chi connectivity index (χ2n) is 6.98. The first-order chi connectivity index (χ1) is 14.7. The number of halogens is 1. The van der Waals surface area contributed by atoms with Crippen molar-refractivity contribution >= 4 is 50.8 Å². The number of nitrogens with zero attached hydrogens (tertiary/aromatic N) is 4. The first-order valence-electron chi connectivity index (χ1n) is 9.41. The van der Waals surface area contributed by atoms with Crippen LogP contribution in [-0.2, 0) is 6.42 Å². The van der Waals surface area contributed by atoms with Gasteiger partial charge in [0.05, 0.1) is 28.3 Å². The van der Waals surface area contributed by atoms with Gasteiger partial charge < -0.3 is 5.73 Å². The summed E-state index contributed by atoms with van der Waals surface area (Å²) in [6.45, 7) is 0. The average molecular weight is 430 g/mol. The fourth-order valence-corrected chi connectivity index (χ4v) is 4.63. The molecule has 0 fully saturated rings. The van der Waals surface area contributed by atoms with Crippen LogP contribution in [-0.4, -0.2) is 14.5 Å². The summed E-state index contributed by atoms with van der Waals surface area (Å²) < 4.78 is 1.94. The molecule has 0 amide bonds. The monoisotopic (exact) mass is 429 g/mol. The topological polar surface area (TPSA) is 80.5 Å². The second kappa shape index (κ2) is 7.45. The van der Waals surface area contributed by atoms with E-state index in [1.54, 1.807) is 17.5 Å². The van der Waals surface area contributed by atoms with E-state index in [9.17, 15) is 0 Å². The summed E-state index contributed by atoms with van der Waals surface area (Å²) >= 11 is 8.19. The van der Waals surface area contributed by atoms with Crippen LogP contribution in [0.1, 0.15) is 12.0 Å². The first-order valence-corrected chi connectivity index (χ1v) is 10.7. The standard InChI is InChI=1S/C23H16ClN5S/c24-19-11-20-18(10-17(19)15-7-9-30-13-15)22-21(12-27-20)28-23(26)29(22)16-5-3-14(4-6-16)2-1-8-25/h3-7,9-13H,1-2H2,(H2,26,28). The van der Waals surface area contributed by atoms with E-state index < -0.39 is 0 Å². The molecule has 30 heavy (non-hydrogen) atoms. The van der Waals surface area contributed by atoms with Crippen LogP contribution in [0.5, 0.6) is 0 Å². The van der Waals surface area contributed by atoms with Crippen molar-refractivity contribution in [2.45, 2.75) is 12.8 Å². The molecule has 146 valence electrons. The molecule has 0 saturated carbocycles. The van der Waals surface area contributed by atoms with Gasteiger partial charge >= 0.3 is 0 Å². The normalized spacial score (nSPS) is 11.2. The molecule has 2 aromatic carbocycles. The molecular weight excluding hydrogens is 414 g/mol. The van der Waals surface area contributed by atoms with Crippen LogP contribution < -0.4 is 5.73 Å². The summed E-state index contributed by atoms with van der Waals surface area (Å²) in [4.78, 5) is 9.08. The van der Waals surface area contributed by atoms with Crippen molar-refractivity contribution in [3.63, 3.8) is 0 Å². The van der Waals surface area contributed by atoms with E-state index in [0.29, 0.717) is 17.4 Å². The lowest BCUT2D eigenvalue weighted by atomic mass is 10.0. The number of rotatable bonds is 4. The number of fused-ring (bicyclic) bond motifs is 3. The maximum Gasteiger partial charge on any atom is 0.206 e. The molecule has 0 spiro atoms. The maximum absolute atomic E-state index is 8.80. The number of pyridine rings is 1. The third-order valence-electron chi connectivity index (χ3n) is 5.15. The van der Waals surface area contributed by atoms with Crippen LogP contribution in [0, 0.1) is 11.3 Å². The van der Waals surface area contributed by atoms with Crippen molar-refractivity contribution in [1.29, 1.82) is 5.26 Å². The minimum atomic E-state index is 0.399. The molecule has 0 aliphatic heterocycles. The molecule has 3 aromatic heterocycles. The molecule has 2 N–H and O–H groups in total. The molecule has 0 saturated heterocycles. The number of anilines is 1. The third-order valence-corrected chi connectivity index (χ3v) is 6.14. The SMILES string of the molecule is N#CCCc1ccc(-n2c(N)nc3cnc4cc(Cl)c(-c5ccsc5)cc4c32)cc1. The van der Waals surface area contributed by atoms with Crippen LogP contribution >= 0.6 is 22.9 Å². The van der Waals surface area contributed by atoms with Crippen molar-refractivity contribution in [2.24, 2.45) is 0 Å². The number of aryl methyl sites for hydroxylation is 1. The Morgan fingerprint density at radius 2 is 1.97 bits per heavy atom. The highest BCUT2D eigenvalue weighted by molar-refractivity contribution is 7.08. The minimum absolute atomic E-state index is 0.399. The van der Waals surface area contributed by atoms with E-state index in [4.69, 9.17) is 22.6 Å². The molecule has 3 heterocycles. The number of aromatic nitrogens is 3. The first kappa shape index (κ1) is 18.6. The molecule has 0 bridgehead atoms. The predicted octanol–water partition coefficient (Wildman–Crippen LogP) is 5.99. The Kier molecular flexibility index (Phi) is 4.62. The summed E-state index contributed by atoms with van der Waals surface area (Å²) in [6, 6.07) is 16.2. The zero-order valence-electron chi connectivity index (χ0n) is 15.8. The Labute approximate surface area is 182 Å². The summed E-state index contributed by atoms with van der Waals surface area (Å²) in [5, 5.41) is 14.5. The highest BCUT2D eigenvalue weighted by atomic mass is 35.5. The number of imidazole rings is 1. The van der Waals surface area contributed by atoms with Gasteiger partial charge in [0.1, 0.15) is 5.52 Å². The smallest absolute Gasteiger partial charge is 0.206 e. The predicted molar refractivity (Wildman–Crippen MR) is 123 cm³/mol. The Morgan fingerprint density at radius 3 is 2.70 bits per heavy atom. The Morgan fingerprint density at radius 1 is 1.13 bits per heavy atom. The molecule has 5 rings (SSSR count). The summed E-state index contributed by atoms with van der Waals surface area (Å²) in [6.07, 6.45) is 2.95. The van der Waals surface area contributed by atoms with Crippen molar-refractivity contribution < 1.29 is 0 Å². The van der Waals surface area contributed by atoms with Crippen molar-refractivity contribution in [2.75, 3.05) is 5.73 Å². The molecule has 0 unspecified atom stereocenters. The molecular formula is C23H16ClN5S. The highest BCUT2D eigenvalue weighted by Crippen LogP contribution is 2.36. The Balaban J connectivity index is 1.74. The third kappa shape index (κ3) is 3.09. The number of nitrogens with two attached hydrogens (primary N) is 1. The number of thiophene rings is 1. The van der Waals surface area contributed by atoms with Gasteiger partial charge in [-0.2, -0.15) is 16.6 Å².